The van der Waals surface area contributed by atoms with E-state index < -0.39 is 0 Å². The fourth-order valence-corrected chi connectivity index (χ4v) is 16.7. The van der Waals surface area contributed by atoms with Crippen molar-refractivity contribution in [1.82, 2.24) is 0 Å². The fourth-order valence-electron chi connectivity index (χ4n) is 16.7. The lowest BCUT2D eigenvalue weighted by atomic mass is 9.93. The van der Waals surface area contributed by atoms with Gasteiger partial charge in [0.1, 0.15) is 0 Å². The molecular weight excluding hydrogens is 1480 g/mol. The minimum atomic E-state index is 1.11. The van der Waals surface area contributed by atoms with E-state index in [9.17, 15) is 0 Å². The minimum absolute atomic E-state index is 1.11. The average molecular weight is 1570 g/mol. The van der Waals surface area contributed by atoms with Gasteiger partial charge in [-0.2, -0.15) is 0 Å². The molecule has 123 heavy (non-hydrogen) atoms. The summed E-state index contributed by atoms with van der Waals surface area (Å²) in [5, 5.41) is 7.63. The Morgan fingerprint density at radius 3 is 0.537 bits per heavy atom. The molecule has 0 atom stereocenters. The second kappa shape index (κ2) is 36.3. The van der Waals surface area contributed by atoms with Crippen LogP contribution in [0.3, 0.4) is 0 Å². The van der Waals surface area contributed by atoms with E-state index in [1.807, 2.05) is 0 Å². The Morgan fingerprint density at radius 1 is 0.0976 bits per heavy atom. The lowest BCUT2D eigenvalue weighted by molar-refractivity contribution is 1.28. The highest BCUT2D eigenvalue weighted by molar-refractivity contribution is 6.14. The van der Waals surface area contributed by atoms with E-state index in [4.69, 9.17) is 0 Å². The van der Waals surface area contributed by atoms with Crippen molar-refractivity contribution in [1.29, 1.82) is 0 Å². The van der Waals surface area contributed by atoms with Gasteiger partial charge in [-0.25, -0.2) is 0 Å². The zero-order chi connectivity index (χ0) is 82.3. The zero-order valence-electron chi connectivity index (χ0n) is 68.1. The first-order valence-electron chi connectivity index (χ1n) is 42.1. The molecule has 0 aliphatic rings. The summed E-state index contributed by atoms with van der Waals surface area (Å²) in [7, 11) is 0. The Hall–Kier alpha value is -16.2. The molecule has 0 N–H and O–H groups in total. The standard InChI is InChI=1S/C44H31N.C40H29N.C36H27N/c1-3-11-32(12-4-1)34-19-25-38(26-20-34)45(39-27-21-35(22-28-39)33-13-5-2-6-14-33)40-29-23-36(24-30-40)44-31-37-15-7-8-16-41(37)42-17-9-10-18-43(42)44;1-3-10-30(11-4-1)32-18-24-36(25-19-32)41(37-26-20-33(21-27-37)31-12-5-2-6-13-31)38-28-22-35(23-29-38)40-17-9-15-34-14-7-8-16-39(34)40;1-4-10-28(11-5-1)31-16-22-34(23-17-31)37(35-24-18-32(19-25-35)29-12-6-2-7-13-29)36-26-20-33(21-27-36)30-14-8-3-9-15-30/h1-31H;1-29H;1-27H. The second-order valence-electron chi connectivity index (χ2n) is 30.7. The Labute approximate surface area is 721 Å². The van der Waals surface area contributed by atoms with Gasteiger partial charge in [-0.15, -0.1) is 0 Å². The van der Waals surface area contributed by atoms with E-state index in [-0.39, 0.29) is 0 Å². The van der Waals surface area contributed by atoms with Crippen LogP contribution in [0.1, 0.15) is 0 Å². The van der Waals surface area contributed by atoms with Crippen LogP contribution in [-0.4, -0.2) is 0 Å². The van der Waals surface area contributed by atoms with E-state index in [1.165, 1.54) is 132 Å². The van der Waals surface area contributed by atoms with Crippen LogP contribution in [0.4, 0.5) is 51.2 Å². The van der Waals surface area contributed by atoms with E-state index in [0.717, 1.165) is 51.2 Å². The lowest BCUT2D eigenvalue weighted by Crippen LogP contribution is -2.09. The average Bonchev–Trinajstić information content (AvgIpc) is 0.762. The molecule has 0 unspecified atom stereocenters. The first-order valence-corrected chi connectivity index (χ1v) is 42.1. The smallest absolute Gasteiger partial charge is 0.0462 e. The third-order valence-electron chi connectivity index (χ3n) is 23.1. The molecule has 582 valence electrons. The van der Waals surface area contributed by atoms with Crippen LogP contribution in [0.5, 0.6) is 0 Å². The molecule has 0 saturated heterocycles. The van der Waals surface area contributed by atoms with Crippen molar-refractivity contribution < 1.29 is 0 Å². The molecule has 3 heteroatoms. The quantitative estimate of drug-likeness (QED) is 0.0793. The second-order valence-corrected chi connectivity index (χ2v) is 30.7. The van der Waals surface area contributed by atoms with Gasteiger partial charge in [0.05, 0.1) is 0 Å². The predicted octanol–water partition coefficient (Wildman–Crippen LogP) is 33.9. The fraction of sp³-hybridized carbons (Fsp3) is 0. The Morgan fingerprint density at radius 2 is 0.276 bits per heavy atom. The summed E-state index contributed by atoms with van der Waals surface area (Å²) < 4.78 is 0. The number of rotatable bonds is 18. The normalized spacial score (nSPS) is 10.9. The van der Waals surface area contributed by atoms with Crippen LogP contribution in [0.15, 0.2) is 528 Å². The van der Waals surface area contributed by atoms with Crippen LogP contribution >= 0.6 is 0 Å². The third kappa shape index (κ3) is 17.3. The molecule has 0 bridgehead atoms. The van der Waals surface area contributed by atoms with Crippen molar-refractivity contribution in [2.24, 2.45) is 0 Å². The molecule has 21 aromatic carbocycles. The number of hydrogen-bond acceptors (Lipinski definition) is 3. The van der Waals surface area contributed by atoms with Gasteiger partial charge >= 0.3 is 0 Å². The summed E-state index contributed by atoms with van der Waals surface area (Å²) in [4.78, 5) is 6.99. The Kier molecular flexibility index (Phi) is 22.7. The molecule has 3 nitrogen and oxygen atoms in total. The number of hydrogen-bond donors (Lipinski definition) is 0. The van der Waals surface area contributed by atoms with Gasteiger partial charge in [0.25, 0.3) is 0 Å². The zero-order valence-corrected chi connectivity index (χ0v) is 68.1. The lowest BCUT2D eigenvalue weighted by Gasteiger charge is -2.26. The van der Waals surface area contributed by atoms with Crippen LogP contribution < -0.4 is 14.7 Å². The van der Waals surface area contributed by atoms with Crippen LogP contribution in [0, 0.1) is 0 Å². The van der Waals surface area contributed by atoms with E-state index in [0.29, 0.717) is 0 Å². The van der Waals surface area contributed by atoms with Gasteiger partial charge in [-0.05, 0) is 248 Å². The molecule has 0 heterocycles. The van der Waals surface area contributed by atoms with Gasteiger partial charge in [0.2, 0.25) is 0 Å². The first kappa shape index (κ1) is 76.8. The Balaban J connectivity index is 0.000000122. The molecule has 0 aliphatic carbocycles. The monoisotopic (exact) mass is 1570 g/mol. The molecule has 0 fully saturated rings. The Bertz CT molecular complexity index is 6650. The van der Waals surface area contributed by atoms with Gasteiger partial charge in [0, 0.05) is 51.2 Å². The van der Waals surface area contributed by atoms with Gasteiger partial charge < -0.3 is 14.7 Å². The number of fused-ring (bicyclic) bond motifs is 4. The summed E-state index contributed by atoms with van der Waals surface area (Å²) in [6, 6.07) is 188. The van der Waals surface area contributed by atoms with Crippen molar-refractivity contribution in [2.75, 3.05) is 14.7 Å². The van der Waals surface area contributed by atoms with Gasteiger partial charge in [-0.3, -0.25) is 0 Å². The van der Waals surface area contributed by atoms with Gasteiger partial charge in [-0.1, -0.05) is 413 Å². The van der Waals surface area contributed by atoms with Gasteiger partial charge in [0.15, 0.2) is 0 Å². The van der Waals surface area contributed by atoms with Crippen LogP contribution in [0.2, 0.25) is 0 Å². The molecule has 0 aromatic heterocycles. The van der Waals surface area contributed by atoms with Crippen molar-refractivity contribution in [3.05, 3.63) is 528 Å². The van der Waals surface area contributed by atoms with Crippen molar-refractivity contribution in [3.8, 4) is 100 Å². The number of benzene rings is 21. The summed E-state index contributed by atoms with van der Waals surface area (Å²) >= 11 is 0. The largest absolute Gasteiger partial charge is 0.311 e. The van der Waals surface area contributed by atoms with Crippen LogP contribution in [0.25, 0.3) is 132 Å². The van der Waals surface area contributed by atoms with Crippen molar-refractivity contribution in [3.63, 3.8) is 0 Å². The molecule has 21 aromatic rings. The number of anilines is 9. The molecule has 21 rings (SSSR count). The predicted molar refractivity (Wildman–Crippen MR) is 525 cm³/mol. The van der Waals surface area contributed by atoms with Crippen LogP contribution in [-0.2, 0) is 0 Å². The maximum Gasteiger partial charge on any atom is 0.0462 e. The maximum absolute atomic E-state index is 2.34. The highest BCUT2D eigenvalue weighted by atomic mass is 15.2. The van der Waals surface area contributed by atoms with Crippen molar-refractivity contribution >= 4 is 83.5 Å². The molecule has 0 saturated carbocycles. The summed E-state index contributed by atoms with van der Waals surface area (Å²) in [6.07, 6.45) is 0. The summed E-state index contributed by atoms with van der Waals surface area (Å²) in [6.45, 7) is 0. The SMILES string of the molecule is c1ccc(-c2ccc(N(c3ccc(-c4ccccc4)cc3)c3ccc(-c4cc5ccccc5c5ccccc45)cc3)cc2)cc1.c1ccc(-c2ccc(N(c3ccc(-c4ccccc4)cc3)c3ccc(-c4cccc5ccccc45)cc3)cc2)cc1.c1ccc(-c2ccc(N(c3ccc(-c4ccccc4)cc3)c3ccc(-c4ccccc4)cc3)cc2)cc1. The van der Waals surface area contributed by atoms with Crippen molar-refractivity contribution in [2.45, 2.75) is 0 Å². The molecule has 0 aliphatic heterocycles. The minimum Gasteiger partial charge on any atom is -0.311 e. The summed E-state index contributed by atoms with van der Waals surface area (Å²) in [5.41, 5.74) is 32.0. The first-order chi connectivity index (χ1) is 61.0. The van der Waals surface area contributed by atoms with E-state index in [2.05, 4.69) is 542 Å². The highest BCUT2D eigenvalue weighted by Crippen LogP contribution is 2.44. The maximum atomic E-state index is 2.34. The highest BCUT2D eigenvalue weighted by Gasteiger charge is 2.20. The molecular formula is C120H87N3. The third-order valence-corrected chi connectivity index (χ3v) is 23.1. The molecule has 0 spiro atoms. The topological polar surface area (TPSA) is 9.72 Å². The van der Waals surface area contributed by atoms with E-state index >= 15 is 0 Å². The van der Waals surface area contributed by atoms with E-state index in [1.54, 1.807) is 0 Å². The molecule has 0 amide bonds. The summed E-state index contributed by atoms with van der Waals surface area (Å²) in [5.74, 6) is 0. The number of nitrogens with zero attached hydrogens (tertiary/aromatic N) is 3. The molecule has 0 radical (unpaired) electrons.